The highest BCUT2D eigenvalue weighted by Crippen LogP contribution is 2.33. The molecule has 9 nitrogen and oxygen atoms in total. The Morgan fingerprint density at radius 1 is 1.29 bits per heavy atom. The Morgan fingerprint density at radius 3 is 2.60 bits per heavy atom. The summed E-state index contributed by atoms with van der Waals surface area (Å²) in [5.74, 6) is -2.35. The van der Waals surface area contributed by atoms with Crippen LogP contribution in [0.5, 0.6) is 5.75 Å². The van der Waals surface area contributed by atoms with Gasteiger partial charge in [0.05, 0.1) is 24.6 Å². The van der Waals surface area contributed by atoms with Gasteiger partial charge in [0.1, 0.15) is 17.0 Å². The fraction of sp³-hybridized carbons (Fsp3) is 0.400. The normalized spacial score (nSPS) is 12.6. The topological polar surface area (TPSA) is 134 Å². The average Bonchev–Trinajstić information content (AvgIpc) is 2.78. The van der Waals surface area contributed by atoms with E-state index in [1.54, 1.807) is 7.11 Å². The largest absolute Gasteiger partial charge is 0.505 e. The number of methoxy groups -OCH3 is 1. The van der Waals surface area contributed by atoms with Crippen LogP contribution < -0.4 is 10.7 Å². The molecule has 10 heteroatoms. The Kier molecular flexibility index (Phi) is 7.76. The third-order valence-electron chi connectivity index (χ3n) is 5.86. The van der Waals surface area contributed by atoms with Gasteiger partial charge in [0.15, 0.2) is 11.6 Å². The van der Waals surface area contributed by atoms with Crippen molar-refractivity contribution < 1.29 is 29.2 Å². The van der Waals surface area contributed by atoms with Gasteiger partial charge in [0, 0.05) is 26.3 Å². The number of nitrogens with zero attached hydrogens (tertiary/aromatic N) is 2. The van der Waals surface area contributed by atoms with Gasteiger partial charge in [0.2, 0.25) is 5.43 Å². The van der Waals surface area contributed by atoms with Crippen LogP contribution in [0.4, 0.5) is 10.2 Å². The molecule has 0 spiro atoms. The molecule has 188 valence electrons. The van der Waals surface area contributed by atoms with Crippen molar-refractivity contribution in [1.82, 2.24) is 9.55 Å². The standard InChI is InChI=1S/C25H30FN3O6/c1-25(2,3)19(13-30)29-12-17(24(33)34)21(32)16-11-15(10-14-6-5-7-18(31)20(14)26)22(28-23(16)29)27-8-9-35-4/h5-7,11-12,19,30-31H,8-10,13H2,1-4H3,(H,27,28)(H,33,34)/t19-/m1/s1. The number of pyridine rings is 2. The zero-order valence-corrected chi connectivity index (χ0v) is 20.1. The molecule has 2 heterocycles. The predicted molar refractivity (Wildman–Crippen MR) is 130 cm³/mol. The lowest BCUT2D eigenvalue weighted by molar-refractivity contribution is 0.0692. The fourth-order valence-corrected chi connectivity index (χ4v) is 3.95. The predicted octanol–water partition coefficient (Wildman–Crippen LogP) is 3.17. The van der Waals surface area contributed by atoms with Gasteiger partial charge in [-0.25, -0.2) is 14.2 Å². The monoisotopic (exact) mass is 487 g/mol. The van der Waals surface area contributed by atoms with E-state index in [1.807, 2.05) is 20.8 Å². The minimum Gasteiger partial charge on any atom is -0.505 e. The van der Waals surface area contributed by atoms with Crippen LogP contribution in [0.1, 0.15) is 48.3 Å². The molecule has 4 N–H and O–H groups in total. The van der Waals surface area contributed by atoms with Crippen LogP contribution in [0.15, 0.2) is 35.3 Å². The quantitative estimate of drug-likeness (QED) is 0.338. The molecule has 1 atom stereocenters. The van der Waals surface area contributed by atoms with E-state index in [0.717, 1.165) is 0 Å². The SMILES string of the molecule is COCCNc1nc2c(cc1Cc1cccc(O)c1F)c(=O)c(C(=O)O)cn2[C@H](CO)C(C)(C)C. The van der Waals surface area contributed by atoms with Crippen molar-refractivity contribution in [3.05, 3.63) is 63.2 Å². The number of aromatic carboxylic acids is 1. The molecule has 2 aromatic heterocycles. The first-order chi connectivity index (χ1) is 16.5. The summed E-state index contributed by atoms with van der Waals surface area (Å²) in [6.45, 7) is 6.06. The lowest BCUT2D eigenvalue weighted by Crippen LogP contribution is -2.31. The highest BCUT2D eigenvalue weighted by atomic mass is 19.1. The first-order valence-corrected chi connectivity index (χ1v) is 11.1. The van der Waals surface area contributed by atoms with Gasteiger partial charge in [-0.1, -0.05) is 32.9 Å². The number of aliphatic hydroxyl groups is 1. The van der Waals surface area contributed by atoms with Crippen LogP contribution in [0.25, 0.3) is 11.0 Å². The number of rotatable bonds is 9. The van der Waals surface area contributed by atoms with Crippen LogP contribution in [0.2, 0.25) is 0 Å². The summed E-state index contributed by atoms with van der Waals surface area (Å²) in [6, 6.07) is 5.14. The van der Waals surface area contributed by atoms with Crippen molar-refractivity contribution in [1.29, 1.82) is 0 Å². The molecule has 3 aromatic rings. The van der Waals surface area contributed by atoms with E-state index in [-0.39, 0.29) is 29.6 Å². The Balaban J connectivity index is 2.33. The van der Waals surface area contributed by atoms with Crippen molar-refractivity contribution >= 4 is 22.8 Å². The van der Waals surface area contributed by atoms with Crippen LogP contribution in [-0.4, -0.2) is 57.7 Å². The number of carboxylic acid groups (broad SMARTS) is 1. The molecule has 0 amide bonds. The number of halogens is 1. The van der Waals surface area contributed by atoms with Crippen molar-refractivity contribution in [2.75, 3.05) is 32.2 Å². The van der Waals surface area contributed by atoms with Crippen molar-refractivity contribution in [2.24, 2.45) is 5.41 Å². The number of aliphatic hydroxyl groups excluding tert-OH is 1. The number of hydrogen-bond acceptors (Lipinski definition) is 7. The number of phenolic OH excluding ortho intramolecular Hbond substituents is 1. The lowest BCUT2D eigenvalue weighted by atomic mass is 9.86. The van der Waals surface area contributed by atoms with E-state index >= 15 is 0 Å². The second kappa shape index (κ2) is 10.4. The Bertz CT molecular complexity index is 1300. The van der Waals surface area contributed by atoms with Crippen molar-refractivity contribution in [3.8, 4) is 5.75 Å². The van der Waals surface area contributed by atoms with Crippen LogP contribution in [0.3, 0.4) is 0 Å². The molecule has 35 heavy (non-hydrogen) atoms. The van der Waals surface area contributed by atoms with E-state index < -0.39 is 40.0 Å². The molecule has 0 fully saturated rings. The second-order valence-electron chi connectivity index (χ2n) is 9.36. The summed E-state index contributed by atoms with van der Waals surface area (Å²) < 4.78 is 21.2. The number of fused-ring (bicyclic) bond motifs is 1. The molecule has 0 saturated carbocycles. The molecular formula is C25H30FN3O6. The molecule has 0 radical (unpaired) electrons. The second-order valence-corrected chi connectivity index (χ2v) is 9.36. The number of nitrogens with one attached hydrogen (secondary N) is 1. The summed E-state index contributed by atoms with van der Waals surface area (Å²) in [5.41, 5.74) is -0.894. The van der Waals surface area contributed by atoms with Gasteiger partial charge in [-0.05, 0) is 28.7 Å². The van der Waals surface area contributed by atoms with Crippen molar-refractivity contribution in [2.45, 2.75) is 33.2 Å². The highest BCUT2D eigenvalue weighted by molar-refractivity contribution is 5.92. The number of benzene rings is 1. The third kappa shape index (κ3) is 5.44. The van der Waals surface area contributed by atoms with E-state index in [1.165, 1.54) is 35.0 Å². The maximum atomic E-state index is 14.6. The molecule has 1 aromatic carbocycles. The van der Waals surface area contributed by atoms with Gasteiger partial charge >= 0.3 is 5.97 Å². The number of aromatic nitrogens is 2. The minimum atomic E-state index is -1.40. The number of anilines is 1. The summed E-state index contributed by atoms with van der Waals surface area (Å²) in [5, 5.41) is 32.7. The first-order valence-electron chi connectivity index (χ1n) is 11.1. The molecular weight excluding hydrogens is 457 g/mol. The zero-order chi connectivity index (χ0) is 25.9. The fourth-order valence-electron chi connectivity index (χ4n) is 3.95. The number of phenols is 1. The molecule has 0 aliphatic carbocycles. The van der Waals surface area contributed by atoms with Gasteiger partial charge in [-0.2, -0.15) is 0 Å². The number of carbonyl (C=O) groups is 1. The number of aromatic hydroxyl groups is 1. The average molecular weight is 488 g/mol. The maximum absolute atomic E-state index is 14.6. The lowest BCUT2D eigenvalue weighted by Gasteiger charge is -2.32. The van der Waals surface area contributed by atoms with Gasteiger partial charge in [0.25, 0.3) is 0 Å². The minimum absolute atomic E-state index is 0.0159. The Hall–Kier alpha value is -3.50. The number of hydrogen-bond donors (Lipinski definition) is 4. The molecule has 0 aliphatic heterocycles. The van der Waals surface area contributed by atoms with Crippen LogP contribution in [0, 0.1) is 11.2 Å². The van der Waals surface area contributed by atoms with Gasteiger partial charge < -0.3 is 29.9 Å². The Morgan fingerprint density at radius 2 is 2.00 bits per heavy atom. The summed E-state index contributed by atoms with van der Waals surface area (Å²) >= 11 is 0. The molecule has 3 rings (SSSR count). The van der Waals surface area contributed by atoms with Gasteiger partial charge in [-0.15, -0.1) is 0 Å². The van der Waals surface area contributed by atoms with Crippen LogP contribution >= 0.6 is 0 Å². The zero-order valence-electron chi connectivity index (χ0n) is 20.1. The van der Waals surface area contributed by atoms with Crippen LogP contribution in [-0.2, 0) is 11.2 Å². The Labute approximate surface area is 201 Å². The smallest absolute Gasteiger partial charge is 0.341 e. The third-order valence-corrected chi connectivity index (χ3v) is 5.86. The van der Waals surface area contributed by atoms with Gasteiger partial charge in [-0.3, -0.25) is 4.79 Å². The van der Waals surface area contributed by atoms with Crippen molar-refractivity contribution in [3.63, 3.8) is 0 Å². The molecule has 0 aliphatic rings. The molecule has 0 unspecified atom stereocenters. The van der Waals surface area contributed by atoms with E-state index in [2.05, 4.69) is 10.3 Å². The highest BCUT2D eigenvalue weighted by Gasteiger charge is 2.29. The van der Waals surface area contributed by atoms with E-state index in [9.17, 15) is 29.3 Å². The van der Waals surface area contributed by atoms with E-state index in [4.69, 9.17) is 4.74 Å². The first kappa shape index (κ1) is 26.1. The number of carboxylic acids is 1. The molecule has 0 saturated heterocycles. The summed E-state index contributed by atoms with van der Waals surface area (Å²) in [6.07, 6.45) is 1.19. The maximum Gasteiger partial charge on any atom is 0.341 e. The number of ether oxygens (including phenoxy) is 1. The summed E-state index contributed by atoms with van der Waals surface area (Å²) in [7, 11) is 1.54. The van der Waals surface area contributed by atoms with E-state index in [0.29, 0.717) is 24.5 Å². The molecule has 0 bridgehead atoms. The summed E-state index contributed by atoms with van der Waals surface area (Å²) in [4.78, 5) is 29.7.